The van der Waals surface area contributed by atoms with Crippen LogP contribution < -0.4 is 4.74 Å². The molecule has 116 valence electrons. The maximum Gasteiger partial charge on any atom is 0.416 e. The number of aromatic hydroxyl groups is 1. The van der Waals surface area contributed by atoms with E-state index in [2.05, 4.69) is 0 Å². The largest absolute Gasteiger partial charge is 0.508 e. The number of hydrogen-bond donors (Lipinski definition) is 2. The van der Waals surface area contributed by atoms with Crippen molar-refractivity contribution in [3.8, 4) is 11.5 Å². The SMILES string of the molecule is O=C(O)c1cc(C(F)(F)F)ccc1COc1cccc(O)c1. The van der Waals surface area contributed by atoms with Gasteiger partial charge in [0.1, 0.15) is 18.1 Å². The summed E-state index contributed by atoms with van der Waals surface area (Å²) in [7, 11) is 0. The van der Waals surface area contributed by atoms with E-state index in [0.29, 0.717) is 6.07 Å². The molecule has 2 aromatic carbocycles. The summed E-state index contributed by atoms with van der Waals surface area (Å²) in [4.78, 5) is 11.1. The van der Waals surface area contributed by atoms with Gasteiger partial charge in [-0.3, -0.25) is 0 Å². The Hall–Kier alpha value is -2.70. The summed E-state index contributed by atoms with van der Waals surface area (Å²) in [6.07, 6.45) is -4.62. The van der Waals surface area contributed by atoms with Gasteiger partial charge in [-0.1, -0.05) is 12.1 Å². The van der Waals surface area contributed by atoms with Crippen LogP contribution in [0, 0.1) is 0 Å². The number of halogens is 3. The molecule has 2 rings (SSSR count). The molecule has 0 fully saturated rings. The van der Waals surface area contributed by atoms with E-state index in [1.165, 1.54) is 24.3 Å². The first kappa shape index (κ1) is 15.7. The van der Waals surface area contributed by atoms with E-state index in [1.807, 2.05) is 0 Å². The Morgan fingerprint density at radius 3 is 2.45 bits per heavy atom. The van der Waals surface area contributed by atoms with Crippen molar-refractivity contribution in [1.82, 2.24) is 0 Å². The fourth-order valence-corrected chi connectivity index (χ4v) is 1.81. The smallest absolute Gasteiger partial charge is 0.416 e. The third-order valence-corrected chi connectivity index (χ3v) is 2.88. The monoisotopic (exact) mass is 312 g/mol. The van der Waals surface area contributed by atoms with Gasteiger partial charge in [-0.15, -0.1) is 0 Å². The van der Waals surface area contributed by atoms with Gasteiger partial charge in [0.25, 0.3) is 0 Å². The van der Waals surface area contributed by atoms with Gasteiger partial charge in [0.05, 0.1) is 11.1 Å². The molecule has 4 nitrogen and oxygen atoms in total. The van der Waals surface area contributed by atoms with Gasteiger partial charge >= 0.3 is 12.1 Å². The molecule has 0 saturated heterocycles. The van der Waals surface area contributed by atoms with Crippen molar-refractivity contribution in [2.24, 2.45) is 0 Å². The Morgan fingerprint density at radius 1 is 1.14 bits per heavy atom. The fourth-order valence-electron chi connectivity index (χ4n) is 1.81. The number of ether oxygens (including phenoxy) is 1. The van der Waals surface area contributed by atoms with Gasteiger partial charge in [-0.25, -0.2) is 4.79 Å². The second-order valence-electron chi connectivity index (χ2n) is 4.46. The van der Waals surface area contributed by atoms with Crippen LogP contribution in [0.5, 0.6) is 11.5 Å². The van der Waals surface area contributed by atoms with Crippen molar-refractivity contribution >= 4 is 5.97 Å². The summed E-state index contributed by atoms with van der Waals surface area (Å²) < 4.78 is 43.1. The molecule has 22 heavy (non-hydrogen) atoms. The average Bonchev–Trinajstić information content (AvgIpc) is 2.44. The molecule has 7 heteroatoms. The molecule has 0 aliphatic heterocycles. The minimum atomic E-state index is -4.62. The van der Waals surface area contributed by atoms with Crippen LogP contribution >= 0.6 is 0 Å². The van der Waals surface area contributed by atoms with Crippen molar-refractivity contribution in [1.29, 1.82) is 0 Å². The number of rotatable bonds is 4. The highest BCUT2D eigenvalue weighted by Gasteiger charge is 2.31. The zero-order valence-electron chi connectivity index (χ0n) is 11.1. The van der Waals surface area contributed by atoms with E-state index >= 15 is 0 Å². The maximum absolute atomic E-state index is 12.6. The molecule has 2 aromatic rings. The van der Waals surface area contributed by atoms with Gasteiger partial charge in [0.2, 0.25) is 0 Å². The lowest BCUT2D eigenvalue weighted by molar-refractivity contribution is -0.137. The van der Waals surface area contributed by atoms with Crippen LogP contribution in [-0.4, -0.2) is 16.2 Å². The fraction of sp³-hybridized carbons (Fsp3) is 0.133. The zero-order valence-corrected chi connectivity index (χ0v) is 11.1. The van der Waals surface area contributed by atoms with Crippen LogP contribution in [0.25, 0.3) is 0 Å². The van der Waals surface area contributed by atoms with Gasteiger partial charge in [-0.05, 0) is 24.3 Å². The summed E-state index contributed by atoms with van der Waals surface area (Å²) in [5, 5.41) is 18.3. The highest BCUT2D eigenvalue weighted by molar-refractivity contribution is 5.89. The molecule has 0 atom stereocenters. The minimum Gasteiger partial charge on any atom is -0.508 e. The number of carboxylic acid groups (broad SMARTS) is 1. The third-order valence-electron chi connectivity index (χ3n) is 2.88. The first-order valence-electron chi connectivity index (χ1n) is 6.12. The second kappa shape index (κ2) is 5.97. The Kier molecular flexibility index (Phi) is 4.25. The van der Waals surface area contributed by atoms with Gasteiger partial charge in [-0.2, -0.15) is 13.2 Å². The summed E-state index contributed by atoms with van der Waals surface area (Å²) in [6, 6.07) is 8.23. The van der Waals surface area contributed by atoms with Crippen molar-refractivity contribution in [3.05, 3.63) is 59.2 Å². The number of benzene rings is 2. The molecule has 0 saturated carbocycles. The first-order chi connectivity index (χ1) is 10.3. The van der Waals surface area contributed by atoms with E-state index < -0.39 is 23.3 Å². The molecule has 2 N–H and O–H groups in total. The lowest BCUT2D eigenvalue weighted by Gasteiger charge is -2.12. The Labute approximate surface area is 123 Å². The summed E-state index contributed by atoms with van der Waals surface area (Å²) in [6.45, 7) is -0.233. The molecule has 0 aromatic heterocycles. The van der Waals surface area contributed by atoms with E-state index in [1.54, 1.807) is 0 Å². The normalized spacial score (nSPS) is 11.2. The predicted molar refractivity (Wildman–Crippen MR) is 70.8 cm³/mol. The minimum absolute atomic E-state index is 0.0385. The number of carbonyl (C=O) groups is 1. The van der Waals surface area contributed by atoms with Crippen LogP contribution in [0.3, 0.4) is 0 Å². The molecule has 0 spiro atoms. The van der Waals surface area contributed by atoms with Crippen LogP contribution in [-0.2, 0) is 12.8 Å². The van der Waals surface area contributed by atoms with Gasteiger partial charge in [0.15, 0.2) is 0 Å². The number of aromatic carboxylic acids is 1. The summed E-state index contributed by atoms with van der Waals surface area (Å²) >= 11 is 0. The van der Waals surface area contributed by atoms with Crippen LogP contribution in [0.4, 0.5) is 13.2 Å². The van der Waals surface area contributed by atoms with Gasteiger partial charge in [0, 0.05) is 11.6 Å². The van der Waals surface area contributed by atoms with E-state index in [-0.39, 0.29) is 23.7 Å². The quantitative estimate of drug-likeness (QED) is 0.903. The van der Waals surface area contributed by atoms with E-state index in [9.17, 15) is 23.1 Å². The van der Waals surface area contributed by atoms with Crippen LogP contribution in [0.15, 0.2) is 42.5 Å². The van der Waals surface area contributed by atoms with Crippen molar-refractivity contribution < 1.29 is 32.9 Å². The maximum atomic E-state index is 12.6. The second-order valence-corrected chi connectivity index (χ2v) is 4.46. The van der Waals surface area contributed by atoms with Crippen molar-refractivity contribution in [2.45, 2.75) is 12.8 Å². The summed E-state index contributed by atoms with van der Waals surface area (Å²) in [5.41, 5.74) is -1.41. The Bertz CT molecular complexity index is 695. The topological polar surface area (TPSA) is 66.8 Å². The highest BCUT2D eigenvalue weighted by atomic mass is 19.4. The van der Waals surface area contributed by atoms with E-state index in [0.717, 1.165) is 12.1 Å². The zero-order chi connectivity index (χ0) is 16.3. The van der Waals surface area contributed by atoms with Crippen molar-refractivity contribution in [2.75, 3.05) is 0 Å². The lowest BCUT2D eigenvalue weighted by atomic mass is 10.0. The number of hydrogen-bond acceptors (Lipinski definition) is 3. The lowest BCUT2D eigenvalue weighted by Crippen LogP contribution is -2.11. The molecule has 0 heterocycles. The molecule has 0 aliphatic rings. The molecule has 0 unspecified atom stereocenters. The number of phenols is 1. The predicted octanol–water partition coefficient (Wildman–Crippen LogP) is 3.69. The average molecular weight is 312 g/mol. The van der Waals surface area contributed by atoms with Crippen LogP contribution in [0.1, 0.15) is 21.5 Å². The third kappa shape index (κ3) is 3.69. The molecular weight excluding hydrogens is 301 g/mol. The van der Waals surface area contributed by atoms with Gasteiger partial charge < -0.3 is 14.9 Å². The number of phenolic OH excluding ortho intramolecular Hbond substituents is 1. The number of carboxylic acids is 1. The number of alkyl halides is 3. The molecule has 0 bridgehead atoms. The molecular formula is C15H11F3O4. The molecule has 0 amide bonds. The molecule has 0 radical (unpaired) electrons. The standard InChI is InChI=1S/C15H11F3O4/c16-15(17,18)10-5-4-9(13(6-10)14(20)21)8-22-12-3-1-2-11(19)7-12/h1-7,19H,8H2,(H,20,21). The Morgan fingerprint density at radius 2 is 1.86 bits per heavy atom. The highest BCUT2D eigenvalue weighted by Crippen LogP contribution is 2.31. The van der Waals surface area contributed by atoms with Crippen molar-refractivity contribution in [3.63, 3.8) is 0 Å². The Balaban J connectivity index is 2.25. The van der Waals surface area contributed by atoms with Crippen LogP contribution in [0.2, 0.25) is 0 Å². The molecule has 0 aliphatic carbocycles. The first-order valence-corrected chi connectivity index (χ1v) is 6.12. The summed E-state index contributed by atoms with van der Waals surface area (Å²) in [5.74, 6) is -1.24. The van der Waals surface area contributed by atoms with E-state index in [4.69, 9.17) is 9.84 Å².